The number of thioether (sulfide) groups is 1. The number of carboxylic acid groups (broad SMARTS) is 1. The number of aliphatic carboxylic acids is 1. The number of hydrogen-bond donors (Lipinski definition) is 2. The number of aliphatic hydroxyl groups is 1. The molecule has 1 atom stereocenters. The fourth-order valence-corrected chi connectivity index (χ4v) is 3.51. The Bertz CT molecular complexity index is 336. The number of nitrogens with zero attached hydrogens (tertiary/aromatic N) is 2. The number of carbonyl (C=O) groups is 2. The van der Waals surface area contributed by atoms with Gasteiger partial charge in [-0.3, -0.25) is 0 Å². The molecule has 2 amide bonds. The van der Waals surface area contributed by atoms with Crippen LogP contribution in [0.4, 0.5) is 4.79 Å². The first-order valence-corrected chi connectivity index (χ1v) is 8.20. The van der Waals surface area contributed by atoms with Crippen molar-refractivity contribution in [1.29, 1.82) is 0 Å². The first kappa shape index (κ1) is 17.1. The maximum absolute atomic E-state index is 12.6. The fourth-order valence-electron chi connectivity index (χ4n) is 2.47. The molecule has 1 aliphatic rings. The van der Waals surface area contributed by atoms with E-state index in [4.69, 9.17) is 5.11 Å². The lowest BCUT2D eigenvalue weighted by Gasteiger charge is -2.39. The van der Waals surface area contributed by atoms with Crippen LogP contribution < -0.4 is 0 Å². The van der Waals surface area contributed by atoms with E-state index in [1.54, 1.807) is 16.7 Å². The van der Waals surface area contributed by atoms with Gasteiger partial charge < -0.3 is 20.0 Å². The zero-order valence-corrected chi connectivity index (χ0v) is 12.9. The van der Waals surface area contributed by atoms with Crippen molar-refractivity contribution < 1.29 is 19.8 Å². The lowest BCUT2D eigenvalue weighted by molar-refractivity contribution is -0.141. The van der Waals surface area contributed by atoms with Gasteiger partial charge in [-0.1, -0.05) is 13.8 Å². The normalized spacial score (nSPS) is 19.2. The van der Waals surface area contributed by atoms with Crippen LogP contribution in [0.2, 0.25) is 0 Å². The second-order valence-electron chi connectivity index (χ2n) is 4.79. The van der Waals surface area contributed by atoms with E-state index in [-0.39, 0.29) is 25.2 Å². The standard InChI is InChI=1S/C13H24N2O4S/c1-3-10(4-2)14(5-7-16)13(19)15-6-8-20-9-11(15)12(17)18/h10-11,16H,3-9H2,1-2H3,(H,17,18). The Morgan fingerprint density at radius 3 is 2.55 bits per heavy atom. The molecule has 6 nitrogen and oxygen atoms in total. The number of carboxylic acids is 1. The summed E-state index contributed by atoms with van der Waals surface area (Å²) < 4.78 is 0. The molecule has 116 valence electrons. The Labute approximate surface area is 124 Å². The van der Waals surface area contributed by atoms with Crippen LogP contribution in [-0.4, -0.2) is 75.3 Å². The van der Waals surface area contributed by atoms with E-state index >= 15 is 0 Å². The Balaban J connectivity index is 2.88. The van der Waals surface area contributed by atoms with Crippen LogP contribution >= 0.6 is 11.8 Å². The number of urea groups is 1. The SMILES string of the molecule is CCC(CC)N(CCO)C(=O)N1CCSCC1C(=O)O. The van der Waals surface area contributed by atoms with E-state index in [0.717, 1.165) is 18.6 Å². The van der Waals surface area contributed by atoms with Gasteiger partial charge in [-0.05, 0) is 12.8 Å². The van der Waals surface area contributed by atoms with E-state index < -0.39 is 12.0 Å². The Hall–Kier alpha value is -0.950. The van der Waals surface area contributed by atoms with Gasteiger partial charge in [0.25, 0.3) is 0 Å². The zero-order chi connectivity index (χ0) is 15.1. The summed E-state index contributed by atoms with van der Waals surface area (Å²) in [4.78, 5) is 27.0. The van der Waals surface area contributed by atoms with E-state index in [1.165, 1.54) is 4.90 Å². The highest BCUT2D eigenvalue weighted by Gasteiger charge is 2.36. The van der Waals surface area contributed by atoms with Crippen molar-refractivity contribution in [3.05, 3.63) is 0 Å². The maximum Gasteiger partial charge on any atom is 0.327 e. The van der Waals surface area contributed by atoms with Crippen LogP contribution in [0, 0.1) is 0 Å². The van der Waals surface area contributed by atoms with Gasteiger partial charge in [-0.15, -0.1) is 0 Å². The fraction of sp³-hybridized carbons (Fsp3) is 0.846. The second-order valence-corrected chi connectivity index (χ2v) is 5.94. The third-order valence-corrected chi connectivity index (χ3v) is 4.65. The molecule has 1 unspecified atom stereocenters. The van der Waals surface area contributed by atoms with Gasteiger partial charge in [0.15, 0.2) is 0 Å². The monoisotopic (exact) mass is 304 g/mol. The van der Waals surface area contributed by atoms with Gasteiger partial charge >= 0.3 is 12.0 Å². The summed E-state index contributed by atoms with van der Waals surface area (Å²) in [6.45, 7) is 4.57. The van der Waals surface area contributed by atoms with Gasteiger partial charge in [-0.2, -0.15) is 11.8 Å². The minimum Gasteiger partial charge on any atom is -0.480 e. The Morgan fingerprint density at radius 1 is 1.40 bits per heavy atom. The second kappa shape index (κ2) is 8.36. The number of carbonyl (C=O) groups excluding carboxylic acids is 1. The van der Waals surface area contributed by atoms with Gasteiger partial charge in [0.1, 0.15) is 6.04 Å². The maximum atomic E-state index is 12.6. The first-order valence-electron chi connectivity index (χ1n) is 7.05. The highest BCUT2D eigenvalue weighted by molar-refractivity contribution is 7.99. The van der Waals surface area contributed by atoms with E-state index in [0.29, 0.717) is 12.3 Å². The van der Waals surface area contributed by atoms with Gasteiger partial charge in [0.2, 0.25) is 0 Å². The molecule has 1 heterocycles. The highest BCUT2D eigenvalue weighted by atomic mass is 32.2. The number of aliphatic hydroxyl groups excluding tert-OH is 1. The summed E-state index contributed by atoms with van der Waals surface area (Å²) in [6, 6.07) is -0.990. The van der Waals surface area contributed by atoms with Crippen molar-refractivity contribution in [1.82, 2.24) is 9.80 Å². The van der Waals surface area contributed by atoms with E-state index in [2.05, 4.69) is 0 Å². The summed E-state index contributed by atoms with van der Waals surface area (Å²) in [6.07, 6.45) is 1.59. The van der Waals surface area contributed by atoms with Crippen LogP contribution in [0.5, 0.6) is 0 Å². The first-order chi connectivity index (χ1) is 9.56. The molecule has 0 aromatic heterocycles. The predicted molar refractivity (Wildman–Crippen MR) is 79.0 cm³/mol. The predicted octanol–water partition coefficient (Wildman–Crippen LogP) is 1.09. The molecule has 0 saturated carbocycles. The lowest BCUT2D eigenvalue weighted by Crippen LogP contribution is -2.57. The minimum absolute atomic E-state index is 0.0404. The molecule has 0 aliphatic carbocycles. The summed E-state index contributed by atoms with van der Waals surface area (Å²) in [5.74, 6) is 0.224. The molecule has 7 heteroatoms. The molecular formula is C13H24N2O4S. The van der Waals surface area contributed by atoms with Crippen molar-refractivity contribution in [2.45, 2.75) is 38.8 Å². The topological polar surface area (TPSA) is 81.1 Å². The summed E-state index contributed by atoms with van der Waals surface area (Å²) >= 11 is 1.55. The average Bonchev–Trinajstić information content (AvgIpc) is 2.46. The molecule has 0 aromatic rings. The minimum atomic E-state index is -0.959. The molecule has 20 heavy (non-hydrogen) atoms. The average molecular weight is 304 g/mol. The highest BCUT2D eigenvalue weighted by Crippen LogP contribution is 2.20. The molecule has 1 aliphatic heterocycles. The van der Waals surface area contributed by atoms with Crippen molar-refractivity contribution in [3.63, 3.8) is 0 Å². The molecule has 1 saturated heterocycles. The molecule has 0 aromatic carbocycles. The summed E-state index contributed by atoms with van der Waals surface area (Å²) in [7, 11) is 0. The lowest BCUT2D eigenvalue weighted by atomic mass is 10.1. The van der Waals surface area contributed by atoms with Crippen LogP contribution in [0.15, 0.2) is 0 Å². The van der Waals surface area contributed by atoms with Crippen molar-refractivity contribution in [2.75, 3.05) is 31.2 Å². The van der Waals surface area contributed by atoms with Gasteiger partial charge in [0, 0.05) is 30.6 Å². The number of hydrogen-bond acceptors (Lipinski definition) is 4. The number of amides is 2. The molecular weight excluding hydrogens is 280 g/mol. The van der Waals surface area contributed by atoms with Crippen molar-refractivity contribution in [3.8, 4) is 0 Å². The van der Waals surface area contributed by atoms with Crippen molar-refractivity contribution >= 4 is 23.8 Å². The summed E-state index contributed by atoms with van der Waals surface area (Å²) in [5, 5.41) is 18.4. The Morgan fingerprint density at radius 2 is 2.05 bits per heavy atom. The zero-order valence-electron chi connectivity index (χ0n) is 12.1. The van der Waals surface area contributed by atoms with Crippen LogP contribution in [0.25, 0.3) is 0 Å². The molecule has 2 N–H and O–H groups in total. The molecule has 0 bridgehead atoms. The third-order valence-electron chi connectivity index (χ3n) is 3.63. The Kier molecular flexibility index (Phi) is 7.15. The van der Waals surface area contributed by atoms with Crippen LogP contribution in [0.3, 0.4) is 0 Å². The molecule has 1 rings (SSSR count). The molecule has 0 spiro atoms. The summed E-state index contributed by atoms with van der Waals surface area (Å²) in [5.41, 5.74) is 0. The van der Waals surface area contributed by atoms with E-state index in [9.17, 15) is 14.7 Å². The van der Waals surface area contributed by atoms with Crippen molar-refractivity contribution in [2.24, 2.45) is 0 Å². The largest absolute Gasteiger partial charge is 0.480 e. The quantitative estimate of drug-likeness (QED) is 0.768. The molecule has 0 radical (unpaired) electrons. The van der Waals surface area contributed by atoms with E-state index in [1.807, 2.05) is 13.8 Å². The van der Waals surface area contributed by atoms with Crippen LogP contribution in [-0.2, 0) is 4.79 Å². The van der Waals surface area contributed by atoms with Gasteiger partial charge in [-0.25, -0.2) is 9.59 Å². The van der Waals surface area contributed by atoms with Crippen LogP contribution in [0.1, 0.15) is 26.7 Å². The molecule has 1 fully saturated rings. The number of rotatable bonds is 6. The smallest absolute Gasteiger partial charge is 0.327 e. The third kappa shape index (κ3) is 4.02. The van der Waals surface area contributed by atoms with Gasteiger partial charge in [0.05, 0.1) is 6.61 Å².